The monoisotopic (exact) mass is 815 g/mol. The van der Waals surface area contributed by atoms with Crippen LogP contribution in [-0.2, 0) is 19.2 Å². The molecule has 0 unspecified atom stereocenters. The lowest BCUT2D eigenvalue weighted by Crippen LogP contribution is -2.76. The molecule has 0 spiro atoms. The molecule has 20 rings (SSSR count). The van der Waals surface area contributed by atoms with Gasteiger partial charge in [0.15, 0.2) is 0 Å². The maximum absolute atomic E-state index is 16.4. The minimum absolute atomic E-state index is 0.255. The molecule has 60 heavy (non-hydrogen) atoms. The standard InChI is InChI=1S/C54H74N2O4/c57-45(49-14-31-1-32(15-49)3-33(2-31)16-49)55(46(58)50-17-34-4-35(18-50)6-36(5-34)19-50)53-26-43-13-44(27-53)29-54(28-43,30-53)56(47(59)51-20-37-7-38(21-51)9-39(8-37)22-51)48(60)52-23-40-10-41(24-52)12-42(11-40)25-52/h31-44H,1-30H2. The largest absolute Gasteiger partial charge is 0.275 e. The molecule has 6 heteroatoms. The van der Waals surface area contributed by atoms with Crippen molar-refractivity contribution in [1.29, 1.82) is 0 Å². The van der Waals surface area contributed by atoms with Crippen LogP contribution in [0.2, 0.25) is 0 Å². The van der Waals surface area contributed by atoms with Crippen molar-refractivity contribution in [1.82, 2.24) is 9.80 Å². The lowest BCUT2D eigenvalue weighted by molar-refractivity contribution is -0.209. The molecule has 20 bridgehead atoms. The minimum Gasteiger partial charge on any atom is -0.275 e. The first kappa shape index (κ1) is 36.6. The number of amides is 4. The van der Waals surface area contributed by atoms with E-state index in [1.165, 1.54) is 77.0 Å². The van der Waals surface area contributed by atoms with Crippen molar-refractivity contribution in [3.05, 3.63) is 0 Å². The van der Waals surface area contributed by atoms with Gasteiger partial charge in [-0.25, -0.2) is 0 Å². The zero-order valence-electron chi connectivity index (χ0n) is 36.8. The molecule has 324 valence electrons. The Balaban J connectivity index is 0.870. The predicted molar refractivity (Wildman–Crippen MR) is 226 cm³/mol. The van der Waals surface area contributed by atoms with Gasteiger partial charge in [0.1, 0.15) is 0 Å². The third-order valence-corrected chi connectivity index (χ3v) is 23.7. The molecule has 0 radical (unpaired) electrons. The van der Waals surface area contributed by atoms with Crippen molar-refractivity contribution in [2.24, 2.45) is 105 Å². The quantitative estimate of drug-likeness (QED) is 0.250. The van der Waals surface area contributed by atoms with Gasteiger partial charge in [-0.05, 0) is 275 Å². The van der Waals surface area contributed by atoms with Crippen LogP contribution in [0.5, 0.6) is 0 Å². The number of imide groups is 2. The zero-order chi connectivity index (χ0) is 39.8. The Morgan fingerprint density at radius 3 is 0.600 bits per heavy atom. The lowest BCUT2D eigenvalue weighted by Gasteiger charge is -2.69. The molecule has 20 aliphatic carbocycles. The molecule has 0 heterocycles. The van der Waals surface area contributed by atoms with Gasteiger partial charge in [0.2, 0.25) is 23.6 Å². The number of hydrogen-bond donors (Lipinski definition) is 0. The molecule has 0 atom stereocenters. The van der Waals surface area contributed by atoms with Crippen molar-refractivity contribution < 1.29 is 19.2 Å². The second kappa shape index (κ2) is 11.7. The summed E-state index contributed by atoms with van der Waals surface area (Å²) in [5.41, 5.74) is -2.65. The fraction of sp³-hybridized carbons (Fsp3) is 0.926. The molecular formula is C54H74N2O4. The normalized spacial score (nSPS) is 58.3. The van der Waals surface area contributed by atoms with Gasteiger partial charge in [0, 0.05) is 0 Å². The zero-order valence-corrected chi connectivity index (χ0v) is 36.8. The number of nitrogens with zero attached hydrogens (tertiary/aromatic N) is 2. The van der Waals surface area contributed by atoms with Crippen LogP contribution in [0, 0.1) is 105 Å². The summed E-state index contributed by atoms with van der Waals surface area (Å²) in [7, 11) is 0. The van der Waals surface area contributed by atoms with Gasteiger partial charge in [0.25, 0.3) is 0 Å². The van der Waals surface area contributed by atoms with E-state index in [0.29, 0.717) is 89.3 Å². The minimum atomic E-state index is -0.563. The van der Waals surface area contributed by atoms with Crippen LogP contribution in [0.1, 0.15) is 193 Å². The molecule has 0 saturated heterocycles. The second-order valence-corrected chi connectivity index (χ2v) is 28.1. The van der Waals surface area contributed by atoms with E-state index in [2.05, 4.69) is 9.80 Å². The van der Waals surface area contributed by atoms with Gasteiger partial charge in [-0.15, -0.1) is 0 Å². The Kier molecular flexibility index (Phi) is 7.17. The van der Waals surface area contributed by atoms with Crippen LogP contribution in [0.25, 0.3) is 0 Å². The van der Waals surface area contributed by atoms with Crippen LogP contribution in [0.4, 0.5) is 0 Å². The molecule has 4 amide bonds. The summed E-state index contributed by atoms with van der Waals surface area (Å²) in [6.07, 6.45) is 33.0. The van der Waals surface area contributed by atoms with Gasteiger partial charge in [0.05, 0.1) is 32.7 Å². The summed E-state index contributed by atoms with van der Waals surface area (Å²) < 4.78 is 0. The Labute approximate surface area is 359 Å². The van der Waals surface area contributed by atoms with Gasteiger partial charge in [-0.2, -0.15) is 0 Å². The molecule has 6 nitrogen and oxygen atoms in total. The molecule has 20 saturated carbocycles. The van der Waals surface area contributed by atoms with Crippen LogP contribution < -0.4 is 0 Å². The summed E-state index contributed by atoms with van der Waals surface area (Å²) in [5, 5.41) is 0. The highest BCUT2D eigenvalue weighted by Crippen LogP contribution is 2.70. The highest BCUT2D eigenvalue weighted by Gasteiger charge is 2.72. The third kappa shape index (κ3) is 4.85. The van der Waals surface area contributed by atoms with E-state index in [1.807, 2.05) is 0 Å². The van der Waals surface area contributed by atoms with Crippen molar-refractivity contribution in [3.63, 3.8) is 0 Å². The van der Waals surface area contributed by atoms with E-state index in [0.717, 1.165) is 109 Å². The Hall–Kier alpha value is -1.72. The van der Waals surface area contributed by atoms with Gasteiger partial charge >= 0.3 is 0 Å². The molecule has 0 aromatic heterocycles. The molecular weight excluding hydrogens is 741 g/mol. The van der Waals surface area contributed by atoms with Crippen molar-refractivity contribution in [2.75, 3.05) is 0 Å². The first-order valence-electron chi connectivity index (χ1n) is 26.7. The Morgan fingerprint density at radius 1 is 0.250 bits per heavy atom. The average Bonchev–Trinajstić information content (AvgIpc) is 3.15. The van der Waals surface area contributed by atoms with E-state index in [9.17, 15) is 0 Å². The number of rotatable bonds is 6. The molecule has 20 fully saturated rings. The van der Waals surface area contributed by atoms with Gasteiger partial charge in [-0.3, -0.25) is 29.0 Å². The van der Waals surface area contributed by atoms with Crippen LogP contribution in [0.15, 0.2) is 0 Å². The van der Waals surface area contributed by atoms with Crippen LogP contribution in [-0.4, -0.2) is 44.5 Å². The smallest absolute Gasteiger partial charge is 0.235 e. The Bertz CT molecular complexity index is 1560. The molecule has 0 N–H and O–H groups in total. The molecule has 0 aliphatic heterocycles. The third-order valence-electron chi connectivity index (χ3n) is 23.7. The summed E-state index contributed by atoms with van der Waals surface area (Å²) >= 11 is 0. The number of carbonyl (C=O) groups is 4. The van der Waals surface area contributed by atoms with E-state index in [-0.39, 0.29) is 45.3 Å². The van der Waals surface area contributed by atoms with Gasteiger partial charge < -0.3 is 0 Å². The van der Waals surface area contributed by atoms with Crippen molar-refractivity contribution in [2.45, 2.75) is 204 Å². The van der Waals surface area contributed by atoms with Crippen molar-refractivity contribution in [3.8, 4) is 0 Å². The van der Waals surface area contributed by atoms with E-state index >= 15 is 19.2 Å². The topological polar surface area (TPSA) is 74.8 Å². The number of carbonyl (C=O) groups excluding carboxylic acids is 4. The van der Waals surface area contributed by atoms with E-state index < -0.39 is 11.1 Å². The molecule has 0 aromatic carbocycles. The molecule has 20 aliphatic rings. The van der Waals surface area contributed by atoms with Crippen LogP contribution >= 0.6 is 0 Å². The number of hydrogen-bond acceptors (Lipinski definition) is 4. The summed E-state index contributed by atoms with van der Waals surface area (Å²) in [4.78, 5) is 70.0. The highest BCUT2D eigenvalue weighted by molar-refractivity contribution is 6.03. The van der Waals surface area contributed by atoms with Gasteiger partial charge in [-0.1, -0.05) is 0 Å². The second-order valence-electron chi connectivity index (χ2n) is 28.1. The average molecular weight is 815 g/mol. The Morgan fingerprint density at radius 2 is 0.417 bits per heavy atom. The van der Waals surface area contributed by atoms with E-state index in [1.54, 1.807) is 0 Å². The van der Waals surface area contributed by atoms with Crippen LogP contribution in [0.3, 0.4) is 0 Å². The van der Waals surface area contributed by atoms with Crippen molar-refractivity contribution >= 4 is 23.6 Å². The summed E-state index contributed by atoms with van der Waals surface area (Å²) in [5.74, 6) is 9.50. The maximum Gasteiger partial charge on any atom is 0.235 e. The first-order valence-corrected chi connectivity index (χ1v) is 26.7. The maximum atomic E-state index is 16.4. The SMILES string of the molecule is O=C(N(C(=O)C12CC3CC(CC(C3)C1)C2)C12CC3CC(C1)CC(N(C(=O)C14CC5CC(CC(C5)C1)C4)C(=O)C14CC5CC(CC(C5)C1)C4)(C3)C2)C12CC3CC(CC(C3)C1)C2. The lowest BCUT2D eigenvalue weighted by atomic mass is 9.45. The fourth-order valence-electron chi connectivity index (χ4n) is 24.2. The fourth-order valence-corrected chi connectivity index (χ4v) is 24.2. The highest BCUT2D eigenvalue weighted by atomic mass is 16.2. The summed E-state index contributed by atoms with van der Waals surface area (Å²) in [6.45, 7) is 0. The predicted octanol–water partition coefficient (Wildman–Crippen LogP) is 10.7. The first-order chi connectivity index (χ1) is 28.9. The summed E-state index contributed by atoms with van der Waals surface area (Å²) in [6, 6.07) is 0. The molecule has 0 aromatic rings. The van der Waals surface area contributed by atoms with E-state index in [4.69, 9.17) is 0 Å².